The number of ether oxygens (including phenoxy) is 1. The van der Waals surface area contributed by atoms with Crippen LogP contribution in [0, 0.1) is 20.8 Å². The lowest BCUT2D eigenvalue weighted by atomic mass is 10.0. The van der Waals surface area contributed by atoms with Crippen molar-refractivity contribution in [2.45, 2.75) is 20.8 Å². The molecule has 5 heteroatoms. The molecule has 1 aliphatic rings. The average Bonchev–Trinajstić information content (AvgIpc) is 2.83. The maximum Gasteiger partial charge on any atom is 0.278 e. The molecule has 3 rings (SSSR count). The van der Waals surface area contributed by atoms with Gasteiger partial charge in [-0.1, -0.05) is 35.9 Å². The van der Waals surface area contributed by atoms with Crippen LogP contribution in [0.4, 0.5) is 5.69 Å². The molecule has 0 radical (unpaired) electrons. The summed E-state index contributed by atoms with van der Waals surface area (Å²) in [7, 11) is 1.55. The third-order valence-corrected chi connectivity index (χ3v) is 4.52. The number of nitrogens with one attached hydrogen (secondary N) is 1. The van der Waals surface area contributed by atoms with E-state index in [1.165, 1.54) is 4.90 Å². The SMILES string of the molecule is COCCN1C(=O)C(Nc2cc(C)cc(C)c2)=C(c2ccc(C)cc2)C1=O. The number of anilines is 1. The van der Waals surface area contributed by atoms with E-state index in [0.717, 1.165) is 27.9 Å². The minimum absolute atomic E-state index is 0.224. The summed E-state index contributed by atoms with van der Waals surface area (Å²) in [6, 6.07) is 13.6. The highest BCUT2D eigenvalue weighted by molar-refractivity contribution is 6.36. The molecule has 0 bridgehead atoms. The van der Waals surface area contributed by atoms with Gasteiger partial charge in [-0.15, -0.1) is 0 Å². The van der Waals surface area contributed by atoms with Gasteiger partial charge in [0.15, 0.2) is 0 Å². The highest BCUT2D eigenvalue weighted by Gasteiger charge is 2.38. The molecular weight excluding hydrogens is 340 g/mol. The van der Waals surface area contributed by atoms with Crippen LogP contribution in [0.25, 0.3) is 5.57 Å². The normalized spacial score (nSPS) is 14.3. The van der Waals surface area contributed by atoms with Gasteiger partial charge >= 0.3 is 0 Å². The number of hydrogen-bond donors (Lipinski definition) is 1. The molecule has 2 aromatic rings. The fourth-order valence-electron chi connectivity index (χ4n) is 3.26. The van der Waals surface area contributed by atoms with E-state index < -0.39 is 0 Å². The Morgan fingerprint density at radius 2 is 1.52 bits per heavy atom. The van der Waals surface area contributed by atoms with Gasteiger partial charge in [0.1, 0.15) is 5.70 Å². The lowest BCUT2D eigenvalue weighted by Crippen LogP contribution is -2.35. The second-order valence-electron chi connectivity index (χ2n) is 6.87. The van der Waals surface area contributed by atoms with Gasteiger partial charge in [0.25, 0.3) is 11.8 Å². The summed E-state index contributed by atoms with van der Waals surface area (Å²) < 4.78 is 5.06. The van der Waals surface area contributed by atoms with E-state index in [-0.39, 0.29) is 18.4 Å². The molecule has 140 valence electrons. The molecule has 0 saturated heterocycles. The van der Waals surface area contributed by atoms with Gasteiger partial charge in [-0.3, -0.25) is 14.5 Å². The summed E-state index contributed by atoms with van der Waals surface area (Å²) in [5.74, 6) is -0.625. The van der Waals surface area contributed by atoms with Crippen LogP contribution in [0.5, 0.6) is 0 Å². The Morgan fingerprint density at radius 3 is 2.11 bits per heavy atom. The Hall–Kier alpha value is -2.92. The largest absolute Gasteiger partial charge is 0.383 e. The first-order valence-corrected chi connectivity index (χ1v) is 8.92. The predicted octanol–water partition coefficient (Wildman–Crippen LogP) is 3.45. The number of aryl methyl sites for hydroxylation is 3. The second kappa shape index (κ2) is 7.76. The van der Waals surface area contributed by atoms with Crippen molar-refractivity contribution < 1.29 is 14.3 Å². The number of nitrogens with zero attached hydrogens (tertiary/aromatic N) is 1. The van der Waals surface area contributed by atoms with Gasteiger partial charge in [0.05, 0.1) is 18.7 Å². The third-order valence-electron chi connectivity index (χ3n) is 4.52. The lowest BCUT2D eigenvalue weighted by Gasteiger charge is -2.14. The number of benzene rings is 2. The number of carbonyl (C=O) groups is 2. The van der Waals surface area contributed by atoms with Crippen molar-refractivity contribution in [2.24, 2.45) is 0 Å². The third kappa shape index (κ3) is 3.93. The number of rotatable bonds is 6. The Bertz CT molecular complexity index is 893. The van der Waals surface area contributed by atoms with E-state index in [1.54, 1.807) is 7.11 Å². The highest BCUT2D eigenvalue weighted by Crippen LogP contribution is 2.31. The smallest absolute Gasteiger partial charge is 0.278 e. The molecule has 5 nitrogen and oxygen atoms in total. The monoisotopic (exact) mass is 364 g/mol. The van der Waals surface area contributed by atoms with Crippen LogP contribution in [0.2, 0.25) is 0 Å². The van der Waals surface area contributed by atoms with Crippen molar-refractivity contribution in [3.63, 3.8) is 0 Å². The van der Waals surface area contributed by atoms with Crippen LogP contribution in [0.15, 0.2) is 48.2 Å². The van der Waals surface area contributed by atoms with E-state index in [4.69, 9.17) is 4.74 Å². The second-order valence-corrected chi connectivity index (χ2v) is 6.87. The predicted molar refractivity (Wildman–Crippen MR) is 106 cm³/mol. The van der Waals surface area contributed by atoms with Crippen LogP contribution < -0.4 is 5.32 Å². The standard InChI is InChI=1S/C22H24N2O3/c1-14-5-7-17(8-6-14)19-20(22(26)24(21(19)25)9-10-27-4)23-18-12-15(2)11-16(3)13-18/h5-8,11-13,23H,9-10H2,1-4H3. The van der Waals surface area contributed by atoms with Crippen LogP contribution in [-0.4, -0.2) is 37.0 Å². The molecule has 0 spiro atoms. The fraction of sp³-hybridized carbons (Fsp3) is 0.273. The fourth-order valence-corrected chi connectivity index (χ4v) is 3.26. The van der Waals surface area contributed by atoms with Crippen LogP contribution in [0.1, 0.15) is 22.3 Å². The summed E-state index contributed by atoms with van der Waals surface area (Å²) in [5.41, 5.74) is 5.50. The quantitative estimate of drug-likeness (QED) is 0.798. The topological polar surface area (TPSA) is 58.6 Å². The maximum absolute atomic E-state index is 13.0. The van der Waals surface area contributed by atoms with E-state index >= 15 is 0 Å². The van der Waals surface area contributed by atoms with Gasteiger partial charge in [-0.25, -0.2) is 0 Å². The molecule has 27 heavy (non-hydrogen) atoms. The summed E-state index contributed by atoms with van der Waals surface area (Å²) in [6.07, 6.45) is 0. The molecule has 0 unspecified atom stereocenters. The van der Waals surface area contributed by atoms with Crippen LogP contribution in [-0.2, 0) is 14.3 Å². The van der Waals surface area contributed by atoms with Crippen molar-refractivity contribution in [3.8, 4) is 0 Å². The molecule has 2 aromatic carbocycles. The minimum Gasteiger partial charge on any atom is -0.383 e. The molecule has 2 amide bonds. The zero-order chi connectivity index (χ0) is 19.6. The minimum atomic E-state index is -0.327. The van der Waals surface area contributed by atoms with Gasteiger partial charge in [-0.2, -0.15) is 0 Å². The first-order valence-electron chi connectivity index (χ1n) is 8.92. The summed E-state index contributed by atoms with van der Waals surface area (Å²) in [5, 5.41) is 3.20. The molecule has 1 heterocycles. The Kier molecular flexibility index (Phi) is 5.42. The van der Waals surface area contributed by atoms with Gasteiger partial charge in [0, 0.05) is 12.8 Å². The zero-order valence-electron chi connectivity index (χ0n) is 16.1. The van der Waals surface area contributed by atoms with Crippen LogP contribution in [0.3, 0.4) is 0 Å². The van der Waals surface area contributed by atoms with Crippen molar-refractivity contribution in [2.75, 3.05) is 25.6 Å². The van der Waals surface area contributed by atoms with Crippen molar-refractivity contribution >= 4 is 23.1 Å². The Balaban J connectivity index is 2.05. The summed E-state index contributed by atoms with van der Waals surface area (Å²) in [6.45, 7) is 6.51. The number of imide groups is 1. The molecule has 1 aliphatic heterocycles. The number of carbonyl (C=O) groups excluding carboxylic acids is 2. The first kappa shape index (κ1) is 18.9. The highest BCUT2D eigenvalue weighted by atomic mass is 16.5. The summed E-state index contributed by atoms with van der Waals surface area (Å²) in [4.78, 5) is 27.2. The zero-order valence-corrected chi connectivity index (χ0v) is 16.1. The van der Waals surface area contributed by atoms with Crippen molar-refractivity contribution in [1.82, 2.24) is 4.90 Å². The Labute approximate surface area is 159 Å². The molecule has 0 fully saturated rings. The lowest BCUT2D eigenvalue weighted by molar-refractivity contribution is -0.137. The Morgan fingerprint density at radius 1 is 0.889 bits per heavy atom. The van der Waals surface area contributed by atoms with E-state index in [1.807, 2.05) is 57.2 Å². The number of amides is 2. The average molecular weight is 364 g/mol. The first-order chi connectivity index (χ1) is 12.9. The van der Waals surface area contributed by atoms with Gasteiger partial charge in [0.2, 0.25) is 0 Å². The molecule has 1 N–H and O–H groups in total. The van der Waals surface area contributed by atoms with E-state index in [2.05, 4.69) is 11.4 Å². The van der Waals surface area contributed by atoms with E-state index in [9.17, 15) is 9.59 Å². The molecule has 0 aromatic heterocycles. The van der Waals surface area contributed by atoms with E-state index in [0.29, 0.717) is 17.9 Å². The maximum atomic E-state index is 13.0. The summed E-state index contributed by atoms with van der Waals surface area (Å²) >= 11 is 0. The molecule has 0 aliphatic carbocycles. The van der Waals surface area contributed by atoms with Crippen LogP contribution >= 0.6 is 0 Å². The van der Waals surface area contributed by atoms with Gasteiger partial charge < -0.3 is 10.1 Å². The number of hydrogen-bond acceptors (Lipinski definition) is 4. The van der Waals surface area contributed by atoms with Gasteiger partial charge in [-0.05, 0) is 49.6 Å². The molecule has 0 saturated carbocycles. The van der Waals surface area contributed by atoms with Crippen molar-refractivity contribution in [1.29, 1.82) is 0 Å². The number of methoxy groups -OCH3 is 1. The van der Waals surface area contributed by atoms with Crippen molar-refractivity contribution in [3.05, 3.63) is 70.4 Å². The molecular formula is C22H24N2O3. The molecule has 0 atom stereocenters.